The smallest absolute Gasteiger partial charge is 0.308 e. The number of hydrogen-bond acceptors (Lipinski definition) is 9. The summed E-state index contributed by atoms with van der Waals surface area (Å²) in [5.41, 5.74) is 1.07. The standard InChI is InChI=1S/C18H32O4S.C7H9NS.CH4O.HIO/c1-13-9-7-5-4-6-8-10-22-16(20)12-15(19)18(3,23)17(21)14(2)11-13;1-3-4-7-5-9-6(2)8-7;2*1-2/h13-15,19,23H,4-12H2,1-3H3;3-5H,1-2H3;2H,1H3;2H/b;4-3-;;/t13-,14+,15-,18?;;;/m0.../s1. The molecule has 0 radical (unpaired) electrons. The molecule has 4 atom stereocenters. The zero-order valence-electron chi connectivity index (χ0n) is 22.6. The van der Waals surface area contributed by atoms with Gasteiger partial charge < -0.3 is 18.4 Å². The van der Waals surface area contributed by atoms with Crippen LogP contribution in [-0.2, 0) is 14.3 Å². The van der Waals surface area contributed by atoms with Gasteiger partial charge in [0.05, 0.1) is 34.6 Å². The predicted molar refractivity (Wildman–Crippen MR) is 161 cm³/mol. The number of nitrogens with zero attached hydrogens (tertiary/aromatic N) is 1. The minimum absolute atomic E-state index is 0.0972. The Bertz CT molecular complexity index is 742. The number of aliphatic hydroxyl groups is 2. The van der Waals surface area contributed by atoms with E-state index in [1.165, 1.54) is 12.8 Å². The molecule has 0 spiro atoms. The Labute approximate surface area is 241 Å². The lowest BCUT2D eigenvalue weighted by Crippen LogP contribution is -2.46. The van der Waals surface area contributed by atoms with Gasteiger partial charge in [0, 0.05) is 18.4 Å². The SMILES string of the molecule is C/C=C\c1csc(C)n1.CO.C[C@H]1CCCCCCCOC(=O)C[C@H](O)C(C)(S)C(=O)[C@H](C)C1.OI. The van der Waals surface area contributed by atoms with Crippen LogP contribution in [0.2, 0.25) is 0 Å². The van der Waals surface area contributed by atoms with E-state index in [1.807, 2.05) is 32.9 Å². The van der Waals surface area contributed by atoms with E-state index >= 15 is 0 Å². The number of thiazole rings is 1. The van der Waals surface area contributed by atoms with Crippen LogP contribution < -0.4 is 0 Å². The molecule has 1 aromatic heterocycles. The van der Waals surface area contributed by atoms with Gasteiger partial charge in [-0.25, -0.2) is 4.98 Å². The van der Waals surface area contributed by atoms with E-state index in [1.54, 1.807) is 18.3 Å². The molecule has 3 N–H and O–H groups in total. The van der Waals surface area contributed by atoms with Crippen LogP contribution >= 0.6 is 47.0 Å². The summed E-state index contributed by atoms with van der Waals surface area (Å²) in [6.45, 7) is 10.1. The van der Waals surface area contributed by atoms with Crippen LogP contribution in [0.3, 0.4) is 0 Å². The number of Topliss-reactive ketones (excluding diaryl/α,β-unsaturated/α-hetero) is 1. The number of rotatable bonds is 1. The van der Waals surface area contributed by atoms with Gasteiger partial charge in [-0.1, -0.05) is 52.0 Å². The van der Waals surface area contributed by atoms with Gasteiger partial charge in [0.1, 0.15) is 23.0 Å². The Morgan fingerprint density at radius 2 is 1.75 bits per heavy atom. The number of cyclic esters (lactones) is 1. The van der Waals surface area contributed by atoms with E-state index in [9.17, 15) is 14.7 Å². The quantitative estimate of drug-likeness (QED) is 0.167. The van der Waals surface area contributed by atoms with Crippen LogP contribution in [-0.4, -0.2) is 55.0 Å². The molecule has 10 heteroatoms. The summed E-state index contributed by atoms with van der Waals surface area (Å²) >= 11 is 7.21. The summed E-state index contributed by atoms with van der Waals surface area (Å²) in [6, 6.07) is 0. The average Bonchev–Trinajstić information content (AvgIpc) is 3.27. The van der Waals surface area contributed by atoms with Crippen molar-refractivity contribution < 1.29 is 28.0 Å². The van der Waals surface area contributed by atoms with E-state index in [4.69, 9.17) is 13.3 Å². The number of halogens is 1. The van der Waals surface area contributed by atoms with Crippen LogP contribution in [0, 0.1) is 18.8 Å². The molecule has 1 aliphatic heterocycles. The Hall–Kier alpha value is -0.530. The fourth-order valence-electron chi connectivity index (χ4n) is 3.85. The van der Waals surface area contributed by atoms with Gasteiger partial charge in [0.15, 0.2) is 5.78 Å². The normalized spacial score (nSPS) is 26.4. The van der Waals surface area contributed by atoms with Crippen LogP contribution in [0.25, 0.3) is 6.08 Å². The summed E-state index contributed by atoms with van der Waals surface area (Å²) in [5, 5.41) is 20.5. The number of thiol groups is 1. The third-order valence-electron chi connectivity index (χ3n) is 5.79. The van der Waals surface area contributed by atoms with Crippen molar-refractivity contribution >= 4 is 64.8 Å². The van der Waals surface area contributed by atoms with Crippen molar-refractivity contribution in [1.82, 2.24) is 4.98 Å². The lowest BCUT2D eigenvalue weighted by atomic mass is 9.83. The summed E-state index contributed by atoms with van der Waals surface area (Å²) < 4.78 is 10.9. The first kappa shape index (κ1) is 37.6. The molecule has 1 aromatic rings. The van der Waals surface area contributed by atoms with Crippen molar-refractivity contribution in [3.63, 3.8) is 0 Å². The molecule has 0 amide bonds. The number of carbonyl (C=O) groups is 2. The van der Waals surface area contributed by atoms with E-state index in [0.29, 0.717) is 12.5 Å². The van der Waals surface area contributed by atoms with Crippen molar-refractivity contribution in [3.05, 3.63) is 22.2 Å². The molecule has 1 unspecified atom stereocenters. The predicted octanol–water partition coefficient (Wildman–Crippen LogP) is 5.98. The number of hydrogen-bond donors (Lipinski definition) is 4. The number of esters is 1. The monoisotopic (exact) mass is 659 g/mol. The maximum atomic E-state index is 12.6. The molecule has 0 aromatic carbocycles. The fourth-order valence-corrected chi connectivity index (χ4v) is 4.74. The van der Waals surface area contributed by atoms with Crippen molar-refractivity contribution in [2.24, 2.45) is 11.8 Å². The second-order valence-corrected chi connectivity index (χ2v) is 11.0. The van der Waals surface area contributed by atoms with Crippen LogP contribution in [0.5, 0.6) is 0 Å². The number of aromatic nitrogens is 1. The topological polar surface area (TPSA) is 117 Å². The van der Waals surface area contributed by atoms with E-state index in [-0.39, 0.29) is 18.1 Å². The van der Waals surface area contributed by atoms with Crippen molar-refractivity contribution in [1.29, 1.82) is 0 Å². The third kappa shape index (κ3) is 16.3. The van der Waals surface area contributed by atoms with E-state index in [2.05, 4.69) is 29.9 Å². The highest BCUT2D eigenvalue weighted by Gasteiger charge is 2.40. The maximum Gasteiger partial charge on any atom is 0.308 e. The Morgan fingerprint density at radius 1 is 1.17 bits per heavy atom. The van der Waals surface area contributed by atoms with Gasteiger partial charge in [-0.15, -0.1) is 11.3 Å². The minimum Gasteiger partial charge on any atom is -0.466 e. The highest BCUT2D eigenvalue weighted by Crippen LogP contribution is 2.30. The van der Waals surface area contributed by atoms with Crippen molar-refractivity contribution in [3.8, 4) is 0 Å². The van der Waals surface area contributed by atoms with Gasteiger partial charge in [-0.2, -0.15) is 12.6 Å². The molecule has 0 saturated carbocycles. The minimum atomic E-state index is -1.23. The van der Waals surface area contributed by atoms with Gasteiger partial charge in [0.2, 0.25) is 0 Å². The number of ketones is 1. The number of allylic oxidation sites excluding steroid dienone is 1. The third-order valence-corrected chi connectivity index (χ3v) is 7.10. The van der Waals surface area contributed by atoms with Crippen LogP contribution in [0.15, 0.2) is 11.5 Å². The molecular formula is C26H46INO6S2. The summed E-state index contributed by atoms with van der Waals surface area (Å²) in [6.07, 6.45) is 10.0. The van der Waals surface area contributed by atoms with Gasteiger partial charge in [0.25, 0.3) is 0 Å². The number of aryl methyl sites for hydroxylation is 1. The Balaban J connectivity index is 0. The van der Waals surface area contributed by atoms with E-state index in [0.717, 1.165) is 72.9 Å². The summed E-state index contributed by atoms with van der Waals surface area (Å²) in [7, 11) is 1.00. The molecule has 36 heavy (non-hydrogen) atoms. The zero-order valence-corrected chi connectivity index (χ0v) is 26.4. The molecule has 0 bridgehead atoms. The van der Waals surface area contributed by atoms with Crippen LogP contribution in [0.4, 0.5) is 0 Å². The highest BCUT2D eigenvalue weighted by atomic mass is 127. The molecular weight excluding hydrogens is 613 g/mol. The van der Waals surface area contributed by atoms with Gasteiger partial charge >= 0.3 is 5.97 Å². The van der Waals surface area contributed by atoms with E-state index < -0.39 is 16.8 Å². The Morgan fingerprint density at radius 3 is 2.31 bits per heavy atom. The first-order valence-electron chi connectivity index (χ1n) is 12.3. The molecule has 1 aliphatic rings. The highest BCUT2D eigenvalue weighted by molar-refractivity contribution is 14.1. The van der Waals surface area contributed by atoms with Crippen LogP contribution in [0.1, 0.15) is 89.8 Å². The maximum absolute atomic E-state index is 12.6. The number of ether oxygens (including phenoxy) is 1. The largest absolute Gasteiger partial charge is 0.466 e. The zero-order chi connectivity index (χ0) is 28.1. The van der Waals surface area contributed by atoms with Crippen molar-refractivity contribution in [2.45, 2.75) is 96.8 Å². The molecule has 2 rings (SSSR count). The first-order valence-corrected chi connectivity index (χ1v) is 14.6. The molecule has 1 fully saturated rings. The summed E-state index contributed by atoms with van der Waals surface area (Å²) in [4.78, 5) is 28.7. The van der Waals surface area contributed by atoms with Gasteiger partial charge in [-0.3, -0.25) is 9.59 Å². The second kappa shape index (κ2) is 22.5. The molecule has 7 nitrogen and oxygen atoms in total. The van der Waals surface area contributed by atoms with Crippen molar-refractivity contribution in [2.75, 3.05) is 13.7 Å². The lowest BCUT2D eigenvalue weighted by molar-refractivity contribution is -0.147. The molecule has 2 heterocycles. The summed E-state index contributed by atoms with van der Waals surface area (Å²) in [5.74, 6) is -0.252. The number of aliphatic hydroxyl groups excluding tert-OH is 2. The number of carbonyl (C=O) groups excluding carboxylic acids is 2. The molecule has 1 saturated heterocycles. The molecule has 0 aliphatic carbocycles. The average molecular weight is 660 g/mol. The fraction of sp³-hybridized carbons (Fsp3) is 0.731. The first-order chi connectivity index (χ1) is 17.1. The lowest BCUT2D eigenvalue weighted by Gasteiger charge is -2.31. The molecule has 210 valence electrons. The Kier molecular flexibility index (Phi) is 23.5. The van der Waals surface area contributed by atoms with Gasteiger partial charge in [-0.05, 0) is 45.6 Å². The second-order valence-electron chi connectivity index (χ2n) is 9.04.